The molecular weight excluding hydrogens is 290 g/mol. The maximum atomic E-state index is 4.32. The summed E-state index contributed by atoms with van der Waals surface area (Å²) in [5.74, 6) is 2.65. The first kappa shape index (κ1) is 13.3. The zero-order valence-electron chi connectivity index (χ0n) is 10.8. The molecule has 0 aliphatic heterocycles. The van der Waals surface area contributed by atoms with Gasteiger partial charge in [-0.2, -0.15) is 0 Å². The minimum Gasteiger partial charge on any atom is -0.314 e. The molecule has 3 nitrogen and oxygen atoms in total. The van der Waals surface area contributed by atoms with Crippen molar-refractivity contribution < 1.29 is 0 Å². The molecule has 1 heterocycles. The lowest BCUT2D eigenvalue weighted by Gasteiger charge is -2.11. The molecule has 18 heavy (non-hydrogen) atoms. The summed E-state index contributed by atoms with van der Waals surface area (Å²) in [4.78, 5) is 0. The third-order valence-electron chi connectivity index (χ3n) is 2.78. The summed E-state index contributed by atoms with van der Waals surface area (Å²) in [5.41, 5.74) is 1.27. The highest BCUT2D eigenvalue weighted by Gasteiger charge is 2.12. The van der Waals surface area contributed by atoms with E-state index in [9.17, 15) is 0 Å². The Morgan fingerprint density at radius 2 is 1.78 bits per heavy atom. The van der Waals surface area contributed by atoms with Gasteiger partial charge in [0.2, 0.25) is 0 Å². The molecule has 2 aromatic rings. The molecule has 0 aliphatic rings. The summed E-state index contributed by atoms with van der Waals surface area (Å²) >= 11 is 3.47. The van der Waals surface area contributed by atoms with Gasteiger partial charge in [-0.1, -0.05) is 60.1 Å². The van der Waals surface area contributed by atoms with Crippen LogP contribution < -0.4 is 0 Å². The lowest BCUT2D eigenvalue weighted by atomic mass is 10.1. The van der Waals surface area contributed by atoms with Crippen molar-refractivity contribution in [1.82, 2.24) is 14.8 Å². The molecule has 0 unspecified atom stereocenters. The van der Waals surface area contributed by atoms with Gasteiger partial charge in [0.1, 0.15) is 11.6 Å². The first-order valence-corrected chi connectivity index (χ1v) is 7.33. The van der Waals surface area contributed by atoms with Crippen LogP contribution in [0, 0.1) is 5.92 Å². The summed E-state index contributed by atoms with van der Waals surface area (Å²) in [7, 11) is 0. The summed E-state index contributed by atoms with van der Waals surface area (Å²) in [6, 6.07) is 10.4. The smallest absolute Gasteiger partial charge is 0.143 e. The third-order valence-corrected chi connectivity index (χ3v) is 3.28. The monoisotopic (exact) mass is 307 g/mol. The fourth-order valence-corrected chi connectivity index (χ4v) is 2.37. The van der Waals surface area contributed by atoms with Gasteiger partial charge in [0, 0.05) is 13.0 Å². The van der Waals surface area contributed by atoms with Crippen molar-refractivity contribution in [1.29, 1.82) is 0 Å². The number of alkyl halides is 1. The van der Waals surface area contributed by atoms with Crippen LogP contribution in [0.4, 0.5) is 0 Å². The molecule has 0 fully saturated rings. The van der Waals surface area contributed by atoms with Crippen molar-refractivity contribution in [3.8, 4) is 0 Å². The maximum absolute atomic E-state index is 4.32. The number of hydrogen-bond donors (Lipinski definition) is 0. The van der Waals surface area contributed by atoms with Crippen LogP contribution in [-0.4, -0.2) is 14.8 Å². The van der Waals surface area contributed by atoms with Gasteiger partial charge in [-0.05, 0) is 11.5 Å². The van der Waals surface area contributed by atoms with E-state index in [2.05, 4.69) is 68.8 Å². The topological polar surface area (TPSA) is 30.7 Å². The highest BCUT2D eigenvalue weighted by atomic mass is 79.9. The molecule has 0 bridgehead atoms. The Morgan fingerprint density at radius 1 is 1.11 bits per heavy atom. The molecule has 1 aromatic heterocycles. The fraction of sp³-hybridized carbons (Fsp3) is 0.429. The predicted molar refractivity (Wildman–Crippen MR) is 76.7 cm³/mol. The average Bonchev–Trinajstić information content (AvgIpc) is 2.72. The Bertz CT molecular complexity index is 491. The molecule has 0 amide bonds. The van der Waals surface area contributed by atoms with E-state index in [-0.39, 0.29) is 0 Å². The zero-order chi connectivity index (χ0) is 13.0. The van der Waals surface area contributed by atoms with Crippen molar-refractivity contribution in [2.24, 2.45) is 5.92 Å². The van der Waals surface area contributed by atoms with E-state index in [1.807, 2.05) is 6.07 Å². The third kappa shape index (κ3) is 3.19. The molecule has 0 spiro atoms. The fourth-order valence-electron chi connectivity index (χ4n) is 1.96. The molecule has 1 aromatic carbocycles. The Balaban J connectivity index is 2.24. The van der Waals surface area contributed by atoms with Crippen molar-refractivity contribution in [3.05, 3.63) is 47.5 Å². The molecule has 2 rings (SSSR count). The zero-order valence-corrected chi connectivity index (χ0v) is 12.4. The second-order valence-corrected chi connectivity index (χ2v) is 5.39. The molecule has 0 N–H and O–H groups in total. The molecule has 0 radical (unpaired) electrons. The number of rotatable bonds is 5. The van der Waals surface area contributed by atoms with Crippen LogP contribution in [0.5, 0.6) is 0 Å². The number of halogens is 1. The summed E-state index contributed by atoms with van der Waals surface area (Å²) in [6.07, 6.45) is 0.841. The highest BCUT2D eigenvalue weighted by Crippen LogP contribution is 2.13. The SMILES string of the molecule is CC(C)Cn1c(CBr)nnc1Cc1ccccc1. The van der Waals surface area contributed by atoms with Crippen LogP contribution in [0.1, 0.15) is 31.1 Å². The van der Waals surface area contributed by atoms with Crippen molar-refractivity contribution in [3.63, 3.8) is 0 Å². The lowest BCUT2D eigenvalue weighted by Crippen LogP contribution is -2.11. The van der Waals surface area contributed by atoms with Crippen LogP contribution in [0.15, 0.2) is 30.3 Å². The van der Waals surface area contributed by atoms with Crippen LogP contribution in [0.2, 0.25) is 0 Å². The van der Waals surface area contributed by atoms with Crippen LogP contribution in [-0.2, 0) is 18.3 Å². The quantitative estimate of drug-likeness (QED) is 0.792. The molecular formula is C14H18BrN3. The van der Waals surface area contributed by atoms with E-state index in [0.29, 0.717) is 5.92 Å². The normalized spacial score (nSPS) is 11.1. The largest absolute Gasteiger partial charge is 0.314 e. The molecule has 0 saturated heterocycles. The molecule has 0 saturated carbocycles. The van der Waals surface area contributed by atoms with Gasteiger partial charge in [0.15, 0.2) is 0 Å². The van der Waals surface area contributed by atoms with Crippen molar-refractivity contribution in [2.45, 2.75) is 32.1 Å². The predicted octanol–water partition coefficient (Wildman–Crippen LogP) is 3.42. The first-order valence-electron chi connectivity index (χ1n) is 6.21. The molecule has 96 valence electrons. The van der Waals surface area contributed by atoms with E-state index in [0.717, 1.165) is 29.9 Å². The van der Waals surface area contributed by atoms with E-state index in [4.69, 9.17) is 0 Å². The molecule has 4 heteroatoms. The summed E-state index contributed by atoms with van der Waals surface area (Å²) in [6.45, 7) is 5.39. The Morgan fingerprint density at radius 3 is 2.39 bits per heavy atom. The Hall–Kier alpha value is -1.16. The lowest BCUT2D eigenvalue weighted by molar-refractivity contribution is 0.500. The van der Waals surface area contributed by atoms with Gasteiger partial charge in [-0.25, -0.2) is 0 Å². The highest BCUT2D eigenvalue weighted by molar-refractivity contribution is 9.08. The number of benzene rings is 1. The summed E-state index contributed by atoms with van der Waals surface area (Å²) < 4.78 is 2.23. The van der Waals surface area contributed by atoms with Gasteiger partial charge < -0.3 is 4.57 Å². The molecule has 0 aliphatic carbocycles. The van der Waals surface area contributed by atoms with Crippen molar-refractivity contribution in [2.75, 3.05) is 0 Å². The van der Waals surface area contributed by atoms with Crippen molar-refractivity contribution >= 4 is 15.9 Å². The van der Waals surface area contributed by atoms with Crippen LogP contribution >= 0.6 is 15.9 Å². The second-order valence-electron chi connectivity index (χ2n) is 4.83. The minimum absolute atomic E-state index is 0.591. The standard InChI is InChI=1S/C14H18BrN3/c1-11(2)10-18-13(16-17-14(18)9-15)8-12-6-4-3-5-7-12/h3-7,11H,8-10H2,1-2H3. The van der Waals surface area contributed by atoms with Gasteiger partial charge in [-0.3, -0.25) is 0 Å². The van der Waals surface area contributed by atoms with Gasteiger partial charge >= 0.3 is 0 Å². The van der Waals surface area contributed by atoms with E-state index >= 15 is 0 Å². The number of hydrogen-bond acceptors (Lipinski definition) is 2. The van der Waals surface area contributed by atoms with Crippen LogP contribution in [0.25, 0.3) is 0 Å². The second kappa shape index (κ2) is 6.14. The first-order chi connectivity index (χ1) is 8.70. The van der Waals surface area contributed by atoms with Crippen LogP contribution in [0.3, 0.4) is 0 Å². The van der Waals surface area contributed by atoms with E-state index in [1.165, 1.54) is 5.56 Å². The summed E-state index contributed by atoms with van der Waals surface area (Å²) in [5, 5.41) is 9.32. The van der Waals surface area contributed by atoms with E-state index < -0.39 is 0 Å². The Labute approximate surface area is 116 Å². The number of aromatic nitrogens is 3. The number of nitrogens with zero attached hydrogens (tertiary/aromatic N) is 3. The Kier molecular flexibility index (Phi) is 4.53. The minimum atomic E-state index is 0.591. The molecule has 0 atom stereocenters. The average molecular weight is 308 g/mol. The van der Waals surface area contributed by atoms with Gasteiger partial charge in [-0.15, -0.1) is 10.2 Å². The van der Waals surface area contributed by atoms with Gasteiger partial charge in [0.25, 0.3) is 0 Å². The maximum Gasteiger partial charge on any atom is 0.143 e. The van der Waals surface area contributed by atoms with Gasteiger partial charge in [0.05, 0.1) is 5.33 Å². The van der Waals surface area contributed by atoms with E-state index in [1.54, 1.807) is 0 Å².